The summed E-state index contributed by atoms with van der Waals surface area (Å²) in [7, 11) is 1.42. The van der Waals surface area contributed by atoms with Crippen molar-refractivity contribution in [1.29, 1.82) is 0 Å². The van der Waals surface area contributed by atoms with Crippen molar-refractivity contribution in [3.05, 3.63) is 63.7 Å². The molecule has 0 aliphatic rings. The number of para-hydroxylation sites is 1. The van der Waals surface area contributed by atoms with Gasteiger partial charge in [0.2, 0.25) is 0 Å². The van der Waals surface area contributed by atoms with Crippen LogP contribution in [0, 0.1) is 0 Å². The number of phenolic OH excluding ortho intramolecular Hbond substituents is 1. The molecular formula is C16H12ClN3O3. The van der Waals surface area contributed by atoms with Gasteiger partial charge in [-0.15, -0.1) is 0 Å². The Labute approximate surface area is 136 Å². The SMILES string of the molecule is COc1cc(/C=N/n2cnc3ccccc3c2=O)cc(Cl)c1O. The molecule has 0 aliphatic carbocycles. The van der Waals surface area contributed by atoms with E-state index in [0.717, 1.165) is 4.68 Å². The summed E-state index contributed by atoms with van der Waals surface area (Å²) in [5.41, 5.74) is 0.909. The maximum absolute atomic E-state index is 12.3. The molecule has 3 rings (SSSR count). The fraction of sp³-hybridized carbons (Fsp3) is 0.0625. The summed E-state index contributed by atoms with van der Waals surface area (Å²) in [5.74, 6) is 0.0822. The summed E-state index contributed by atoms with van der Waals surface area (Å²) in [6.45, 7) is 0. The van der Waals surface area contributed by atoms with Crippen LogP contribution in [0.4, 0.5) is 0 Å². The Morgan fingerprint density at radius 2 is 2.13 bits per heavy atom. The molecule has 2 aromatic carbocycles. The molecule has 1 heterocycles. The Balaban J connectivity index is 2.02. The third-order valence-corrected chi connectivity index (χ3v) is 3.54. The van der Waals surface area contributed by atoms with Crippen molar-refractivity contribution >= 4 is 28.7 Å². The average molecular weight is 330 g/mol. The number of aromatic nitrogens is 2. The third-order valence-electron chi connectivity index (χ3n) is 3.25. The van der Waals surface area contributed by atoms with Gasteiger partial charge in [-0.3, -0.25) is 4.79 Å². The molecule has 23 heavy (non-hydrogen) atoms. The number of halogens is 1. The molecule has 0 atom stereocenters. The van der Waals surface area contributed by atoms with E-state index in [9.17, 15) is 9.90 Å². The summed E-state index contributed by atoms with van der Waals surface area (Å²) in [4.78, 5) is 16.5. The summed E-state index contributed by atoms with van der Waals surface area (Å²) >= 11 is 5.92. The number of fused-ring (bicyclic) bond motifs is 1. The van der Waals surface area contributed by atoms with E-state index >= 15 is 0 Å². The second-order valence-electron chi connectivity index (χ2n) is 4.71. The fourth-order valence-corrected chi connectivity index (χ4v) is 2.31. The molecule has 0 saturated carbocycles. The van der Waals surface area contributed by atoms with Crippen molar-refractivity contribution < 1.29 is 9.84 Å². The van der Waals surface area contributed by atoms with Crippen LogP contribution in [0.5, 0.6) is 11.5 Å². The van der Waals surface area contributed by atoms with Crippen LogP contribution in [0.15, 0.2) is 52.6 Å². The van der Waals surface area contributed by atoms with Crippen molar-refractivity contribution in [2.45, 2.75) is 0 Å². The fourth-order valence-electron chi connectivity index (χ4n) is 2.09. The van der Waals surface area contributed by atoms with Gasteiger partial charge in [0, 0.05) is 0 Å². The highest BCUT2D eigenvalue weighted by Gasteiger charge is 2.08. The van der Waals surface area contributed by atoms with E-state index < -0.39 is 0 Å². The highest BCUT2D eigenvalue weighted by atomic mass is 35.5. The number of benzene rings is 2. The minimum absolute atomic E-state index is 0.134. The second kappa shape index (κ2) is 6.10. The lowest BCUT2D eigenvalue weighted by Crippen LogP contribution is -2.16. The van der Waals surface area contributed by atoms with Gasteiger partial charge in [0.05, 0.1) is 29.2 Å². The number of ether oxygens (including phenoxy) is 1. The largest absolute Gasteiger partial charge is 0.503 e. The molecule has 1 N–H and O–H groups in total. The number of aromatic hydroxyl groups is 1. The minimum Gasteiger partial charge on any atom is -0.503 e. The molecule has 1 aromatic heterocycles. The van der Waals surface area contributed by atoms with Gasteiger partial charge in [-0.1, -0.05) is 23.7 Å². The Morgan fingerprint density at radius 3 is 2.91 bits per heavy atom. The van der Waals surface area contributed by atoms with E-state index in [1.165, 1.54) is 25.7 Å². The summed E-state index contributed by atoms with van der Waals surface area (Å²) in [6, 6.07) is 10.1. The molecule has 0 fully saturated rings. The number of hydrogen-bond donors (Lipinski definition) is 1. The summed E-state index contributed by atoms with van der Waals surface area (Å²) in [5, 5.41) is 14.4. The highest BCUT2D eigenvalue weighted by Crippen LogP contribution is 2.34. The Bertz CT molecular complexity index is 966. The molecule has 0 spiro atoms. The van der Waals surface area contributed by atoms with Crippen molar-refractivity contribution in [3.8, 4) is 11.5 Å². The van der Waals surface area contributed by atoms with E-state index in [1.807, 2.05) is 6.07 Å². The van der Waals surface area contributed by atoms with Crippen LogP contribution < -0.4 is 10.3 Å². The van der Waals surface area contributed by atoms with Gasteiger partial charge < -0.3 is 9.84 Å². The first-order valence-corrected chi connectivity index (χ1v) is 7.05. The topological polar surface area (TPSA) is 76.7 Å². The van der Waals surface area contributed by atoms with Gasteiger partial charge in [-0.2, -0.15) is 9.78 Å². The number of nitrogens with zero attached hydrogens (tertiary/aromatic N) is 3. The quantitative estimate of drug-likeness (QED) is 0.749. The van der Waals surface area contributed by atoms with Crippen molar-refractivity contribution in [1.82, 2.24) is 9.66 Å². The first kappa shape index (κ1) is 15.1. The molecule has 0 unspecified atom stereocenters. The maximum Gasteiger partial charge on any atom is 0.281 e. The van der Waals surface area contributed by atoms with Crippen molar-refractivity contribution in [3.63, 3.8) is 0 Å². The van der Waals surface area contributed by atoms with Crippen LogP contribution in [0.1, 0.15) is 5.56 Å². The lowest BCUT2D eigenvalue weighted by atomic mass is 10.2. The van der Waals surface area contributed by atoms with E-state index in [0.29, 0.717) is 16.5 Å². The first-order valence-electron chi connectivity index (χ1n) is 6.67. The van der Waals surface area contributed by atoms with Crippen LogP contribution in [0.3, 0.4) is 0 Å². The maximum atomic E-state index is 12.3. The van der Waals surface area contributed by atoms with Gasteiger partial charge in [-0.25, -0.2) is 4.98 Å². The number of phenols is 1. The molecule has 6 nitrogen and oxygen atoms in total. The number of rotatable bonds is 3. The standard InChI is InChI=1S/C16H12ClN3O3/c1-23-14-7-10(6-12(17)15(14)21)8-19-20-9-18-13-5-3-2-4-11(13)16(20)22/h2-9,21H,1H3/b19-8+. The van der Waals surface area contributed by atoms with E-state index in [2.05, 4.69) is 10.1 Å². The van der Waals surface area contributed by atoms with Crippen molar-refractivity contribution in [2.24, 2.45) is 5.10 Å². The minimum atomic E-state index is -0.274. The third kappa shape index (κ3) is 2.89. The van der Waals surface area contributed by atoms with Gasteiger partial charge in [-0.05, 0) is 29.8 Å². The van der Waals surface area contributed by atoms with Crippen LogP contribution >= 0.6 is 11.6 Å². The number of methoxy groups -OCH3 is 1. The lowest BCUT2D eigenvalue weighted by Gasteiger charge is -2.06. The van der Waals surface area contributed by atoms with Crippen LogP contribution in [-0.4, -0.2) is 28.1 Å². The molecule has 0 bridgehead atoms. The molecule has 0 amide bonds. The average Bonchev–Trinajstić information content (AvgIpc) is 2.57. The van der Waals surface area contributed by atoms with Gasteiger partial charge >= 0.3 is 0 Å². The zero-order valence-corrected chi connectivity index (χ0v) is 12.9. The molecule has 0 saturated heterocycles. The van der Waals surface area contributed by atoms with E-state index in [-0.39, 0.29) is 22.1 Å². The van der Waals surface area contributed by atoms with Gasteiger partial charge in [0.1, 0.15) is 6.33 Å². The summed E-state index contributed by atoms with van der Waals surface area (Å²) in [6.07, 6.45) is 2.78. The normalized spacial score (nSPS) is 11.2. The molecule has 0 radical (unpaired) electrons. The predicted octanol–water partition coefficient (Wildman–Crippen LogP) is 2.65. The van der Waals surface area contributed by atoms with Crippen LogP contribution in [0.25, 0.3) is 10.9 Å². The zero-order chi connectivity index (χ0) is 16.4. The molecule has 116 valence electrons. The Hall–Kier alpha value is -2.86. The molecular weight excluding hydrogens is 318 g/mol. The van der Waals surface area contributed by atoms with E-state index in [1.54, 1.807) is 24.3 Å². The first-order chi connectivity index (χ1) is 11.1. The van der Waals surface area contributed by atoms with Crippen molar-refractivity contribution in [2.75, 3.05) is 7.11 Å². The molecule has 0 aliphatic heterocycles. The van der Waals surface area contributed by atoms with Crippen LogP contribution in [0.2, 0.25) is 5.02 Å². The Kier molecular flexibility index (Phi) is 3.99. The highest BCUT2D eigenvalue weighted by molar-refractivity contribution is 6.32. The smallest absolute Gasteiger partial charge is 0.281 e. The second-order valence-corrected chi connectivity index (χ2v) is 5.12. The molecule has 7 heteroatoms. The lowest BCUT2D eigenvalue weighted by molar-refractivity contribution is 0.373. The van der Waals surface area contributed by atoms with Gasteiger partial charge in [0.15, 0.2) is 11.5 Å². The van der Waals surface area contributed by atoms with Gasteiger partial charge in [0.25, 0.3) is 5.56 Å². The number of hydrogen-bond acceptors (Lipinski definition) is 5. The summed E-state index contributed by atoms with van der Waals surface area (Å²) < 4.78 is 6.16. The zero-order valence-electron chi connectivity index (χ0n) is 12.1. The monoisotopic (exact) mass is 329 g/mol. The predicted molar refractivity (Wildman–Crippen MR) is 88.7 cm³/mol. The van der Waals surface area contributed by atoms with E-state index in [4.69, 9.17) is 16.3 Å². The Morgan fingerprint density at radius 1 is 1.35 bits per heavy atom. The van der Waals surface area contributed by atoms with Crippen LogP contribution in [-0.2, 0) is 0 Å². The molecule has 3 aromatic rings.